The molecule has 0 aliphatic carbocycles. The zero-order valence-electron chi connectivity index (χ0n) is 14.4. The molecule has 1 unspecified atom stereocenters. The van der Waals surface area contributed by atoms with E-state index in [9.17, 15) is 23.5 Å². The normalized spacial score (nSPS) is 11.8. The standard InChI is InChI=1S/C19H14F2N2O5/c1-9(19(26)27)23-18(25)16-17(24)13-4-2-11(6-10(13)8-22-16)28-12-3-5-14(20)15(21)7-12/h2-9,24H,1H3,(H,23,25)(H,26,27). The summed E-state index contributed by atoms with van der Waals surface area (Å²) in [6.07, 6.45) is 1.30. The highest BCUT2D eigenvalue weighted by atomic mass is 19.2. The first kappa shape index (κ1) is 19.0. The summed E-state index contributed by atoms with van der Waals surface area (Å²) >= 11 is 0. The predicted octanol–water partition coefficient (Wildman–Crippen LogP) is 3.21. The lowest BCUT2D eigenvalue weighted by Crippen LogP contribution is -2.38. The first-order valence-electron chi connectivity index (χ1n) is 8.04. The van der Waals surface area contributed by atoms with Gasteiger partial charge in [0.25, 0.3) is 5.91 Å². The maximum absolute atomic E-state index is 13.3. The quantitative estimate of drug-likeness (QED) is 0.619. The Labute approximate surface area is 157 Å². The molecule has 7 nitrogen and oxygen atoms in total. The molecule has 28 heavy (non-hydrogen) atoms. The van der Waals surface area contributed by atoms with Crippen molar-refractivity contribution in [3.8, 4) is 17.2 Å². The van der Waals surface area contributed by atoms with Gasteiger partial charge in [-0.3, -0.25) is 9.59 Å². The monoisotopic (exact) mass is 388 g/mol. The molecule has 0 aliphatic rings. The number of ether oxygens (including phenoxy) is 1. The van der Waals surface area contributed by atoms with Crippen LogP contribution in [0.5, 0.6) is 17.2 Å². The minimum Gasteiger partial charge on any atom is -0.505 e. The lowest BCUT2D eigenvalue weighted by Gasteiger charge is -2.12. The molecule has 0 radical (unpaired) electrons. The SMILES string of the molecule is CC(NC(=O)c1ncc2cc(Oc3ccc(F)c(F)c3)ccc2c1O)C(=O)O. The summed E-state index contributed by atoms with van der Waals surface area (Å²) in [6, 6.07) is 6.34. The second-order valence-corrected chi connectivity index (χ2v) is 5.92. The van der Waals surface area contributed by atoms with Crippen LogP contribution >= 0.6 is 0 Å². The molecule has 3 N–H and O–H groups in total. The van der Waals surface area contributed by atoms with Gasteiger partial charge in [-0.15, -0.1) is 0 Å². The summed E-state index contributed by atoms with van der Waals surface area (Å²) in [4.78, 5) is 26.8. The summed E-state index contributed by atoms with van der Waals surface area (Å²) in [6.45, 7) is 1.28. The molecule has 0 bridgehead atoms. The maximum Gasteiger partial charge on any atom is 0.325 e. The fourth-order valence-corrected chi connectivity index (χ4v) is 2.42. The number of rotatable bonds is 5. The van der Waals surface area contributed by atoms with Gasteiger partial charge in [0.1, 0.15) is 17.5 Å². The highest BCUT2D eigenvalue weighted by molar-refractivity contribution is 6.02. The molecular weight excluding hydrogens is 374 g/mol. The van der Waals surface area contributed by atoms with Gasteiger partial charge in [0.05, 0.1) is 0 Å². The van der Waals surface area contributed by atoms with Gasteiger partial charge in [0.2, 0.25) is 0 Å². The number of aromatic nitrogens is 1. The fraction of sp³-hybridized carbons (Fsp3) is 0.105. The minimum atomic E-state index is -1.23. The number of carboxylic acid groups (broad SMARTS) is 1. The number of nitrogens with one attached hydrogen (secondary N) is 1. The highest BCUT2D eigenvalue weighted by Crippen LogP contribution is 2.32. The van der Waals surface area contributed by atoms with Gasteiger partial charge >= 0.3 is 5.97 Å². The molecule has 144 valence electrons. The van der Waals surface area contributed by atoms with Crippen LogP contribution < -0.4 is 10.1 Å². The molecule has 0 aliphatic heterocycles. The number of nitrogens with zero attached hydrogens (tertiary/aromatic N) is 1. The van der Waals surface area contributed by atoms with Crippen LogP contribution in [0.25, 0.3) is 10.8 Å². The van der Waals surface area contributed by atoms with Gasteiger partial charge in [-0.05, 0) is 37.3 Å². The largest absolute Gasteiger partial charge is 0.505 e. The van der Waals surface area contributed by atoms with E-state index >= 15 is 0 Å². The van der Waals surface area contributed by atoms with Crippen molar-refractivity contribution in [2.75, 3.05) is 0 Å². The van der Waals surface area contributed by atoms with Gasteiger partial charge in [-0.2, -0.15) is 0 Å². The number of carboxylic acids is 1. The van der Waals surface area contributed by atoms with Gasteiger partial charge in [-0.25, -0.2) is 13.8 Å². The molecule has 3 aromatic rings. The van der Waals surface area contributed by atoms with Gasteiger partial charge in [0.15, 0.2) is 23.1 Å². The number of carbonyl (C=O) groups excluding carboxylic acids is 1. The Morgan fingerprint density at radius 2 is 1.79 bits per heavy atom. The number of aromatic hydroxyl groups is 1. The van der Waals surface area contributed by atoms with Crippen LogP contribution in [0.1, 0.15) is 17.4 Å². The lowest BCUT2D eigenvalue weighted by atomic mass is 10.1. The second-order valence-electron chi connectivity index (χ2n) is 5.92. The molecule has 0 spiro atoms. The average molecular weight is 388 g/mol. The third-order valence-corrected chi connectivity index (χ3v) is 3.90. The van der Waals surface area contributed by atoms with E-state index in [1.807, 2.05) is 0 Å². The van der Waals surface area contributed by atoms with Crippen molar-refractivity contribution in [1.29, 1.82) is 0 Å². The van der Waals surface area contributed by atoms with Crippen molar-refractivity contribution < 1.29 is 33.3 Å². The highest BCUT2D eigenvalue weighted by Gasteiger charge is 2.20. The number of fused-ring (bicyclic) bond motifs is 1. The predicted molar refractivity (Wildman–Crippen MR) is 94.4 cm³/mol. The molecule has 0 fully saturated rings. The Hall–Kier alpha value is -3.75. The number of pyridine rings is 1. The molecule has 1 heterocycles. The number of hydrogen-bond donors (Lipinski definition) is 3. The second kappa shape index (κ2) is 7.47. The Balaban J connectivity index is 1.88. The van der Waals surface area contributed by atoms with Crippen LogP contribution in [0.2, 0.25) is 0 Å². The van der Waals surface area contributed by atoms with Crippen LogP contribution in [-0.2, 0) is 4.79 Å². The summed E-state index contributed by atoms with van der Waals surface area (Å²) in [5.41, 5.74) is -0.324. The Kier molecular flexibility index (Phi) is 5.08. The number of amides is 1. The number of carbonyl (C=O) groups is 2. The number of hydrogen-bond acceptors (Lipinski definition) is 5. The number of aliphatic carboxylic acids is 1. The van der Waals surface area contributed by atoms with E-state index in [0.29, 0.717) is 5.39 Å². The molecule has 3 rings (SSSR count). The lowest BCUT2D eigenvalue weighted by molar-refractivity contribution is -0.138. The third kappa shape index (κ3) is 3.83. The average Bonchev–Trinajstić information content (AvgIpc) is 2.64. The molecule has 1 atom stereocenters. The van der Waals surface area contributed by atoms with Gasteiger partial charge in [-0.1, -0.05) is 0 Å². The fourth-order valence-electron chi connectivity index (χ4n) is 2.42. The Morgan fingerprint density at radius 1 is 1.11 bits per heavy atom. The zero-order chi connectivity index (χ0) is 20.4. The van der Waals surface area contributed by atoms with E-state index in [-0.39, 0.29) is 22.6 Å². The van der Waals surface area contributed by atoms with E-state index in [4.69, 9.17) is 9.84 Å². The molecule has 1 aromatic heterocycles. The van der Waals surface area contributed by atoms with E-state index in [1.54, 1.807) is 0 Å². The third-order valence-electron chi connectivity index (χ3n) is 3.90. The number of benzene rings is 2. The van der Waals surface area contributed by atoms with Crippen LogP contribution in [0.4, 0.5) is 8.78 Å². The van der Waals surface area contributed by atoms with Crippen molar-refractivity contribution in [2.24, 2.45) is 0 Å². The first-order valence-corrected chi connectivity index (χ1v) is 8.04. The smallest absolute Gasteiger partial charge is 0.325 e. The topological polar surface area (TPSA) is 109 Å². The zero-order valence-corrected chi connectivity index (χ0v) is 14.4. The van der Waals surface area contributed by atoms with Crippen molar-refractivity contribution in [3.63, 3.8) is 0 Å². The van der Waals surface area contributed by atoms with Crippen molar-refractivity contribution in [1.82, 2.24) is 10.3 Å². The van der Waals surface area contributed by atoms with Crippen LogP contribution in [0, 0.1) is 11.6 Å². The molecule has 9 heteroatoms. The summed E-state index contributed by atoms with van der Waals surface area (Å²) in [5, 5.41) is 22.1. The van der Waals surface area contributed by atoms with Gasteiger partial charge in [0, 0.05) is 23.0 Å². The van der Waals surface area contributed by atoms with Gasteiger partial charge < -0.3 is 20.3 Å². The number of halogens is 2. The van der Waals surface area contributed by atoms with Crippen LogP contribution in [0.3, 0.4) is 0 Å². The maximum atomic E-state index is 13.3. The van der Waals surface area contributed by atoms with Crippen molar-refractivity contribution >= 4 is 22.6 Å². The summed E-state index contributed by atoms with van der Waals surface area (Å²) in [7, 11) is 0. The minimum absolute atomic E-state index is 0.0779. The van der Waals surface area contributed by atoms with Crippen LogP contribution in [-0.4, -0.2) is 33.1 Å². The Morgan fingerprint density at radius 3 is 2.46 bits per heavy atom. The van der Waals surface area contributed by atoms with E-state index in [1.165, 1.54) is 37.4 Å². The van der Waals surface area contributed by atoms with E-state index in [0.717, 1.165) is 12.1 Å². The van der Waals surface area contributed by atoms with Crippen molar-refractivity contribution in [2.45, 2.75) is 13.0 Å². The summed E-state index contributed by atoms with van der Waals surface area (Å²) < 4.78 is 31.7. The molecule has 2 aromatic carbocycles. The Bertz CT molecular complexity index is 1090. The van der Waals surface area contributed by atoms with E-state index < -0.39 is 35.3 Å². The summed E-state index contributed by atoms with van der Waals surface area (Å²) in [5.74, 6) is -4.19. The van der Waals surface area contributed by atoms with Crippen molar-refractivity contribution in [3.05, 3.63) is 59.9 Å². The molecule has 0 saturated carbocycles. The first-order chi connectivity index (χ1) is 13.3. The van der Waals surface area contributed by atoms with Crippen LogP contribution in [0.15, 0.2) is 42.6 Å². The molecular formula is C19H14F2N2O5. The molecule has 0 saturated heterocycles. The molecule has 1 amide bonds. The van der Waals surface area contributed by atoms with E-state index in [2.05, 4.69) is 10.3 Å².